The molecule has 0 aliphatic heterocycles. The van der Waals surface area contributed by atoms with Gasteiger partial charge in [-0.05, 0) is 17.5 Å². The van der Waals surface area contributed by atoms with Gasteiger partial charge in [0.1, 0.15) is 13.6 Å². The minimum atomic E-state index is 0.327. The van der Waals surface area contributed by atoms with Gasteiger partial charge >= 0.3 is 0 Å². The third-order valence-corrected chi connectivity index (χ3v) is 2.29. The van der Waals surface area contributed by atoms with Gasteiger partial charge in [-0.15, -0.1) is 0 Å². The van der Waals surface area contributed by atoms with E-state index in [4.69, 9.17) is 7.85 Å². The third-order valence-electron chi connectivity index (χ3n) is 2.29. The molecule has 2 heteroatoms. The molecule has 0 N–H and O–H groups in total. The van der Waals surface area contributed by atoms with Crippen molar-refractivity contribution < 1.29 is 4.79 Å². The maximum absolute atomic E-state index is 11.1. The Morgan fingerprint density at radius 2 is 1.86 bits per heavy atom. The number of Topliss-reactive ketones (excluding diaryl/α,β-unsaturated/α-hetero) is 1. The van der Waals surface area contributed by atoms with Crippen LogP contribution in [0.25, 0.3) is 0 Å². The summed E-state index contributed by atoms with van der Waals surface area (Å²) in [4.78, 5) is 11.1. The van der Waals surface area contributed by atoms with Gasteiger partial charge in [0.2, 0.25) is 0 Å². The largest absolute Gasteiger partial charge is 0.299 e. The van der Waals surface area contributed by atoms with Gasteiger partial charge in [-0.3, -0.25) is 4.79 Å². The molecule has 0 saturated carbocycles. The Kier molecular flexibility index (Phi) is 3.93. The predicted molar refractivity (Wildman–Crippen MR) is 60.2 cm³/mol. The minimum absolute atomic E-state index is 0.327. The average molecular weight is 186 g/mol. The fourth-order valence-electron chi connectivity index (χ4n) is 1.63. The van der Waals surface area contributed by atoms with E-state index in [0.717, 1.165) is 17.4 Å². The monoisotopic (exact) mass is 186 g/mol. The molecule has 0 bridgehead atoms. The summed E-state index contributed by atoms with van der Waals surface area (Å²) in [5.74, 6) is 0.327. The number of aryl methyl sites for hydroxylation is 1. The third kappa shape index (κ3) is 2.47. The summed E-state index contributed by atoms with van der Waals surface area (Å²) < 4.78 is 0. The standard InChI is InChI=1S/C10H9BO.C2H6/c11-9-3-1-7-2-4-10(12)6-8(7)5-9;1-2/h1,3,5H,2,4,6H2;1-2H3. The molecule has 0 heterocycles. The number of fused-ring (bicyclic) bond motifs is 1. The normalized spacial score (nSPS) is 14.0. The molecule has 2 radical (unpaired) electrons. The fraction of sp³-hybridized carbons (Fsp3) is 0.417. The first kappa shape index (κ1) is 11.0. The van der Waals surface area contributed by atoms with E-state index in [2.05, 4.69) is 0 Å². The van der Waals surface area contributed by atoms with Crippen molar-refractivity contribution in [3.63, 3.8) is 0 Å². The molecule has 2 rings (SSSR count). The maximum atomic E-state index is 11.1. The van der Waals surface area contributed by atoms with E-state index in [1.54, 1.807) is 0 Å². The number of hydrogen-bond acceptors (Lipinski definition) is 1. The Labute approximate surface area is 86.9 Å². The van der Waals surface area contributed by atoms with Crippen LogP contribution in [0.3, 0.4) is 0 Å². The van der Waals surface area contributed by atoms with Crippen molar-refractivity contribution >= 4 is 19.1 Å². The smallest absolute Gasteiger partial charge is 0.137 e. The Morgan fingerprint density at radius 3 is 2.57 bits per heavy atom. The van der Waals surface area contributed by atoms with Gasteiger partial charge in [0, 0.05) is 12.8 Å². The van der Waals surface area contributed by atoms with Gasteiger partial charge in [-0.2, -0.15) is 0 Å². The quantitative estimate of drug-likeness (QED) is 0.562. The van der Waals surface area contributed by atoms with Crippen LogP contribution < -0.4 is 5.46 Å². The first-order chi connectivity index (χ1) is 6.75. The first-order valence-electron chi connectivity index (χ1n) is 5.15. The molecule has 1 nitrogen and oxygen atoms in total. The van der Waals surface area contributed by atoms with Crippen LogP contribution in [-0.4, -0.2) is 13.6 Å². The van der Waals surface area contributed by atoms with Crippen LogP contribution in [0.5, 0.6) is 0 Å². The molecule has 1 aromatic carbocycles. The summed E-state index contributed by atoms with van der Waals surface area (Å²) in [7, 11) is 5.62. The highest BCUT2D eigenvalue weighted by atomic mass is 16.1. The zero-order chi connectivity index (χ0) is 10.6. The van der Waals surface area contributed by atoms with Gasteiger partial charge in [-0.25, -0.2) is 0 Å². The fourth-order valence-corrected chi connectivity index (χ4v) is 1.63. The molecule has 0 atom stereocenters. The Hall–Kier alpha value is -1.05. The van der Waals surface area contributed by atoms with Crippen LogP contribution in [-0.2, 0) is 17.6 Å². The highest BCUT2D eigenvalue weighted by molar-refractivity contribution is 6.32. The Morgan fingerprint density at radius 1 is 1.14 bits per heavy atom. The second kappa shape index (κ2) is 4.99. The molecule has 0 fully saturated rings. The molecule has 0 amide bonds. The van der Waals surface area contributed by atoms with E-state index in [-0.39, 0.29) is 0 Å². The zero-order valence-corrected chi connectivity index (χ0v) is 8.84. The molecule has 1 aliphatic carbocycles. The van der Waals surface area contributed by atoms with E-state index >= 15 is 0 Å². The molecule has 1 aliphatic rings. The SMILES string of the molecule is CC.[B]c1ccc2c(c1)CC(=O)CC2. The lowest BCUT2D eigenvalue weighted by molar-refractivity contribution is -0.118. The topological polar surface area (TPSA) is 17.1 Å². The Bertz CT molecular complexity index is 331. The van der Waals surface area contributed by atoms with Crippen molar-refractivity contribution in [1.29, 1.82) is 0 Å². The van der Waals surface area contributed by atoms with Crippen molar-refractivity contribution in [2.24, 2.45) is 0 Å². The predicted octanol–water partition coefficient (Wildman–Crippen LogP) is 1.56. The van der Waals surface area contributed by atoms with Gasteiger partial charge in [0.05, 0.1) is 0 Å². The maximum Gasteiger partial charge on any atom is 0.137 e. The lowest BCUT2D eigenvalue weighted by atomic mass is 9.85. The highest BCUT2D eigenvalue weighted by Crippen LogP contribution is 2.17. The molecule has 0 aromatic heterocycles. The van der Waals surface area contributed by atoms with E-state index in [0.29, 0.717) is 18.6 Å². The number of ketones is 1. The van der Waals surface area contributed by atoms with Gasteiger partial charge in [-0.1, -0.05) is 37.5 Å². The number of carbonyl (C=O) groups excluding carboxylic acids is 1. The van der Waals surface area contributed by atoms with Crippen LogP contribution in [0, 0.1) is 0 Å². The highest BCUT2D eigenvalue weighted by Gasteiger charge is 2.14. The molecule has 0 saturated heterocycles. The van der Waals surface area contributed by atoms with Crippen molar-refractivity contribution in [3.05, 3.63) is 29.3 Å². The van der Waals surface area contributed by atoms with Crippen LogP contribution in [0.1, 0.15) is 31.4 Å². The van der Waals surface area contributed by atoms with Crippen LogP contribution in [0.2, 0.25) is 0 Å². The van der Waals surface area contributed by atoms with Crippen LogP contribution >= 0.6 is 0 Å². The number of hydrogen-bond donors (Lipinski definition) is 0. The molecule has 1 aromatic rings. The van der Waals surface area contributed by atoms with Crippen LogP contribution in [0.15, 0.2) is 18.2 Å². The van der Waals surface area contributed by atoms with E-state index in [1.807, 2.05) is 32.0 Å². The molecular weight excluding hydrogens is 171 g/mol. The van der Waals surface area contributed by atoms with Gasteiger partial charge in [0.15, 0.2) is 0 Å². The summed E-state index contributed by atoms with van der Waals surface area (Å²) in [5.41, 5.74) is 3.15. The van der Waals surface area contributed by atoms with Gasteiger partial charge in [0.25, 0.3) is 0 Å². The van der Waals surface area contributed by atoms with E-state index < -0.39 is 0 Å². The van der Waals surface area contributed by atoms with Crippen LogP contribution in [0.4, 0.5) is 0 Å². The number of rotatable bonds is 0. The second-order valence-corrected chi connectivity index (χ2v) is 3.24. The molecule has 0 unspecified atom stereocenters. The van der Waals surface area contributed by atoms with E-state index in [1.165, 1.54) is 5.56 Å². The second-order valence-electron chi connectivity index (χ2n) is 3.24. The van der Waals surface area contributed by atoms with Crippen molar-refractivity contribution in [3.8, 4) is 0 Å². The summed E-state index contributed by atoms with van der Waals surface area (Å²) in [6.07, 6.45) is 2.14. The average Bonchev–Trinajstić information content (AvgIpc) is 2.20. The zero-order valence-electron chi connectivity index (χ0n) is 8.84. The lowest BCUT2D eigenvalue weighted by Crippen LogP contribution is -2.16. The number of benzene rings is 1. The summed E-state index contributed by atoms with van der Waals surface area (Å²) in [6.45, 7) is 4.00. The number of carbonyl (C=O) groups is 1. The van der Waals surface area contributed by atoms with Gasteiger partial charge < -0.3 is 0 Å². The Balaban J connectivity index is 0.000000461. The van der Waals surface area contributed by atoms with Crippen molar-refractivity contribution in [1.82, 2.24) is 0 Å². The molecule has 14 heavy (non-hydrogen) atoms. The molecule has 72 valence electrons. The van der Waals surface area contributed by atoms with Crippen molar-refractivity contribution in [2.45, 2.75) is 33.1 Å². The lowest BCUT2D eigenvalue weighted by Gasteiger charge is -2.14. The summed E-state index contributed by atoms with van der Waals surface area (Å²) in [6, 6.07) is 5.83. The summed E-state index contributed by atoms with van der Waals surface area (Å²) >= 11 is 0. The minimum Gasteiger partial charge on any atom is -0.299 e. The molecule has 0 spiro atoms. The molecular formula is C12H15BO. The van der Waals surface area contributed by atoms with E-state index in [9.17, 15) is 4.79 Å². The first-order valence-corrected chi connectivity index (χ1v) is 5.15. The van der Waals surface area contributed by atoms with Crippen molar-refractivity contribution in [2.75, 3.05) is 0 Å². The summed E-state index contributed by atoms with van der Waals surface area (Å²) in [5, 5.41) is 0.